The van der Waals surface area contributed by atoms with E-state index in [9.17, 15) is 14.4 Å². The highest BCUT2D eigenvalue weighted by Crippen LogP contribution is 2.15. The highest BCUT2D eigenvalue weighted by atomic mass is 16.6. The van der Waals surface area contributed by atoms with Crippen molar-refractivity contribution in [2.45, 2.75) is 284 Å². The molecule has 0 N–H and O–H groups in total. The number of unbranched alkanes of at least 4 members (excludes halogenated alkanes) is 23. The molecule has 0 heterocycles. The zero-order chi connectivity index (χ0) is 55.7. The topological polar surface area (TPSA) is 78.9 Å². The van der Waals surface area contributed by atoms with E-state index in [-0.39, 0.29) is 37.5 Å². The van der Waals surface area contributed by atoms with Gasteiger partial charge in [0.25, 0.3) is 0 Å². The Labute approximate surface area is 475 Å². The molecule has 1 unspecified atom stereocenters. The van der Waals surface area contributed by atoms with Crippen LogP contribution in [0, 0.1) is 0 Å². The molecule has 0 aromatic carbocycles. The molecule has 6 nitrogen and oxygen atoms in total. The molecule has 0 saturated heterocycles. The SMILES string of the molecule is CC/C=C\C/C=C\C/C=C\C/C=C\C/C=C\C/C=C\C/C=C\CCCC(=O)OCC(COC(=O)CCCCCCC/C=C\C/C=C\C/C=C\CC)OC(=O)CCCCCCCCCCC/C=C\CCCCCCCCCC. The maximum atomic E-state index is 12.9. The third-order valence-electron chi connectivity index (χ3n) is 13.1. The normalized spacial score (nSPS) is 13.0. The molecule has 436 valence electrons. The summed E-state index contributed by atoms with van der Waals surface area (Å²) in [7, 11) is 0. The summed E-state index contributed by atoms with van der Waals surface area (Å²) in [4.78, 5) is 38.3. The summed E-state index contributed by atoms with van der Waals surface area (Å²) in [5.41, 5.74) is 0. The van der Waals surface area contributed by atoms with Crippen LogP contribution in [0.1, 0.15) is 278 Å². The minimum atomic E-state index is -0.816. The van der Waals surface area contributed by atoms with E-state index < -0.39 is 6.10 Å². The van der Waals surface area contributed by atoms with E-state index in [2.05, 4.69) is 154 Å². The number of hydrogen-bond acceptors (Lipinski definition) is 6. The number of ether oxygens (including phenoxy) is 3. The highest BCUT2D eigenvalue weighted by Gasteiger charge is 2.19. The van der Waals surface area contributed by atoms with E-state index in [1.54, 1.807) is 0 Å². The minimum absolute atomic E-state index is 0.109. The van der Waals surface area contributed by atoms with Gasteiger partial charge in [0.2, 0.25) is 0 Å². The van der Waals surface area contributed by atoms with Gasteiger partial charge in [-0.3, -0.25) is 14.4 Å². The average molecular weight is 1070 g/mol. The summed E-state index contributed by atoms with van der Waals surface area (Å²) >= 11 is 0. The number of allylic oxidation sites excluding steroid dienone is 22. The largest absolute Gasteiger partial charge is 0.462 e. The summed E-state index contributed by atoms with van der Waals surface area (Å²) in [6.45, 7) is 6.36. The number of carbonyl (C=O) groups excluding carboxylic acids is 3. The lowest BCUT2D eigenvalue weighted by atomic mass is 10.1. The van der Waals surface area contributed by atoms with Crippen LogP contribution < -0.4 is 0 Å². The number of carbonyl (C=O) groups is 3. The second kappa shape index (κ2) is 64.1. The van der Waals surface area contributed by atoms with E-state index in [0.717, 1.165) is 128 Å². The molecule has 0 aromatic heterocycles. The molecule has 0 fully saturated rings. The van der Waals surface area contributed by atoms with Gasteiger partial charge in [0.05, 0.1) is 0 Å². The molecule has 0 aliphatic rings. The Hall–Kier alpha value is -4.45. The van der Waals surface area contributed by atoms with E-state index in [0.29, 0.717) is 19.3 Å². The van der Waals surface area contributed by atoms with Crippen LogP contribution in [-0.4, -0.2) is 37.2 Å². The third kappa shape index (κ3) is 62.3. The molecular formula is C71H116O6. The molecule has 0 aliphatic heterocycles. The maximum absolute atomic E-state index is 12.9. The standard InChI is InChI=1S/C71H116O6/c1-4-7-10-13-16-19-22-25-28-30-32-34-35-37-38-40-43-46-49-52-55-58-61-64-70(73)76-67-68(66-75-69(72)63-60-57-54-51-48-45-42-27-24-21-18-15-12-9-6-3)77-71(74)65-62-59-56-53-50-47-44-41-39-36-33-31-29-26-23-20-17-14-11-8-5-2/h7,9-10,12,16,18-19,21,25,27-28,31-34,37-38,42-43,46,52,55,68H,4-6,8,11,13-15,17,20,22-24,26,29-30,35-36,39-41,44-45,47-51,53-54,56-67H2,1-3H3/b10-7-,12-9-,19-16-,21-18-,28-25-,33-31-,34-32-,38-37-,42-27-,46-43-,55-52-. The van der Waals surface area contributed by atoms with Gasteiger partial charge in [0.1, 0.15) is 13.2 Å². The Morgan fingerprint density at radius 1 is 0.273 bits per heavy atom. The molecule has 0 spiro atoms. The Kier molecular flexibility index (Phi) is 60.4. The fraction of sp³-hybridized carbons (Fsp3) is 0.648. The van der Waals surface area contributed by atoms with Crippen molar-refractivity contribution in [1.82, 2.24) is 0 Å². The highest BCUT2D eigenvalue weighted by molar-refractivity contribution is 5.71. The van der Waals surface area contributed by atoms with Gasteiger partial charge in [-0.05, 0) is 128 Å². The summed E-state index contributed by atoms with van der Waals surface area (Å²) in [6.07, 6.45) is 90.3. The van der Waals surface area contributed by atoms with E-state index in [4.69, 9.17) is 14.2 Å². The quantitative estimate of drug-likeness (QED) is 0.0261. The molecule has 6 heteroatoms. The van der Waals surface area contributed by atoms with Crippen molar-refractivity contribution < 1.29 is 28.6 Å². The van der Waals surface area contributed by atoms with E-state index in [1.165, 1.54) is 103 Å². The fourth-order valence-corrected chi connectivity index (χ4v) is 8.44. The van der Waals surface area contributed by atoms with E-state index >= 15 is 0 Å². The van der Waals surface area contributed by atoms with Crippen molar-refractivity contribution in [2.24, 2.45) is 0 Å². The van der Waals surface area contributed by atoms with Crippen molar-refractivity contribution >= 4 is 17.9 Å². The van der Waals surface area contributed by atoms with Gasteiger partial charge in [0.15, 0.2) is 6.10 Å². The van der Waals surface area contributed by atoms with Gasteiger partial charge in [-0.2, -0.15) is 0 Å². The van der Waals surface area contributed by atoms with Gasteiger partial charge >= 0.3 is 17.9 Å². The number of rotatable bonds is 56. The lowest BCUT2D eigenvalue weighted by Gasteiger charge is -2.18. The maximum Gasteiger partial charge on any atom is 0.306 e. The molecule has 0 saturated carbocycles. The predicted octanol–water partition coefficient (Wildman–Crippen LogP) is 21.8. The van der Waals surface area contributed by atoms with Crippen LogP contribution in [0.5, 0.6) is 0 Å². The zero-order valence-corrected chi connectivity index (χ0v) is 49.9. The summed E-state index contributed by atoms with van der Waals surface area (Å²) in [6, 6.07) is 0. The van der Waals surface area contributed by atoms with Gasteiger partial charge in [-0.1, -0.05) is 264 Å². The van der Waals surface area contributed by atoms with Crippen LogP contribution in [0.15, 0.2) is 134 Å². The number of hydrogen-bond donors (Lipinski definition) is 0. The van der Waals surface area contributed by atoms with Crippen molar-refractivity contribution in [3.63, 3.8) is 0 Å². The van der Waals surface area contributed by atoms with Crippen LogP contribution in [-0.2, 0) is 28.6 Å². The number of esters is 3. The molecule has 1 atom stereocenters. The first-order chi connectivity index (χ1) is 38.0. The van der Waals surface area contributed by atoms with E-state index in [1.807, 2.05) is 0 Å². The predicted molar refractivity (Wildman–Crippen MR) is 334 cm³/mol. The lowest BCUT2D eigenvalue weighted by molar-refractivity contribution is -0.167. The van der Waals surface area contributed by atoms with Crippen LogP contribution in [0.4, 0.5) is 0 Å². The van der Waals surface area contributed by atoms with Crippen LogP contribution in [0.2, 0.25) is 0 Å². The Balaban J connectivity index is 4.50. The van der Waals surface area contributed by atoms with Crippen LogP contribution in [0.3, 0.4) is 0 Å². The van der Waals surface area contributed by atoms with Gasteiger partial charge in [0, 0.05) is 19.3 Å². The summed E-state index contributed by atoms with van der Waals surface area (Å²) < 4.78 is 16.9. The zero-order valence-electron chi connectivity index (χ0n) is 49.9. The smallest absolute Gasteiger partial charge is 0.306 e. The average Bonchev–Trinajstić information content (AvgIpc) is 3.43. The van der Waals surface area contributed by atoms with Gasteiger partial charge < -0.3 is 14.2 Å². The van der Waals surface area contributed by atoms with Crippen LogP contribution >= 0.6 is 0 Å². The summed E-state index contributed by atoms with van der Waals surface area (Å²) in [5, 5.41) is 0. The van der Waals surface area contributed by atoms with Crippen molar-refractivity contribution in [3.05, 3.63) is 134 Å². The first kappa shape index (κ1) is 72.5. The minimum Gasteiger partial charge on any atom is -0.462 e. The molecule has 0 aliphatic carbocycles. The molecule has 0 bridgehead atoms. The van der Waals surface area contributed by atoms with Crippen molar-refractivity contribution in [3.8, 4) is 0 Å². The molecule has 77 heavy (non-hydrogen) atoms. The first-order valence-electron chi connectivity index (χ1n) is 31.7. The molecule has 0 aromatic rings. The van der Waals surface area contributed by atoms with Crippen molar-refractivity contribution in [2.75, 3.05) is 13.2 Å². The van der Waals surface area contributed by atoms with Crippen LogP contribution in [0.25, 0.3) is 0 Å². The van der Waals surface area contributed by atoms with Gasteiger partial charge in [-0.15, -0.1) is 0 Å². The molecule has 0 radical (unpaired) electrons. The molecular weight excluding hydrogens is 949 g/mol. The Morgan fingerprint density at radius 2 is 0.519 bits per heavy atom. The summed E-state index contributed by atoms with van der Waals surface area (Å²) in [5.74, 6) is -0.987. The first-order valence-corrected chi connectivity index (χ1v) is 31.7. The second-order valence-corrected chi connectivity index (χ2v) is 20.5. The Morgan fingerprint density at radius 3 is 0.857 bits per heavy atom. The van der Waals surface area contributed by atoms with Crippen molar-refractivity contribution in [1.29, 1.82) is 0 Å². The molecule has 0 amide bonds. The van der Waals surface area contributed by atoms with Gasteiger partial charge in [-0.25, -0.2) is 0 Å². The fourth-order valence-electron chi connectivity index (χ4n) is 8.44. The monoisotopic (exact) mass is 1060 g/mol. The third-order valence-corrected chi connectivity index (χ3v) is 13.1. The molecule has 0 rings (SSSR count). The second-order valence-electron chi connectivity index (χ2n) is 20.5. The lowest BCUT2D eigenvalue weighted by Crippen LogP contribution is -2.30. The Bertz CT molecular complexity index is 1650.